The van der Waals surface area contributed by atoms with Crippen LogP contribution in [0.25, 0.3) is 0 Å². The third-order valence-corrected chi connectivity index (χ3v) is 4.32. The van der Waals surface area contributed by atoms with Crippen molar-refractivity contribution in [2.75, 3.05) is 13.6 Å². The van der Waals surface area contributed by atoms with Gasteiger partial charge >= 0.3 is 0 Å². The second-order valence-corrected chi connectivity index (χ2v) is 5.58. The Morgan fingerprint density at radius 2 is 1.78 bits per heavy atom. The Morgan fingerprint density at radius 1 is 1.17 bits per heavy atom. The normalized spacial score (nSPS) is 27.1. The van der Waals surface area contributed by atoms with Crippen molar-refractivity contribution in [1.82, 2.24) is 10.2 Å². The molecule has 0 amide bonds. The molecule has 100 valence electrons. The van der Waals surface area contributed by atoms with Crippen molar-refractivity contribution in [3.05, 3.63) is 35.9 Å². The van der Waals surface area contributed by atoms with Crippen LogP contribution in [0.1, 0.15) is 44.7 Å². The summed E-state index contributed by atoms with van der Waals surface area (Å²) in [4.78, 5) is 2.66. The van der Waals surface area contributed by atoms with Crippen molar-refractivity contribution in [3.8, 4) is 0 Å². The third kappa shape index (κ3) is 3.12. The van der Waals surface area contributed by atoms with E-state index in [0.717, 1.165) is 6.54 Å². The van der Waals surface area contributed by atoms with Gasteiger partial charge in [0, 0.05) is 24.7 Å². The molecule has 1 fully saturated rings. The molecule has 18 heavy (non-hydrogen) atoms. The van der Waals surface area contributed by atoms with Crippen LogP contribution >= 0.6 is 0 Å². The molecule has 0 saturated carbocycles. The molecule has 0 radical (unpaired) electrons. The lowest BCUT2D eigenvalue weighted by Gasteiger charge is -2.41. The predicted molar refractivity (Wildman–Crippen MR) is 77.7 cm³/mol. The number of likely N-dealkylation sites (tertiary alicyclic amines) is 1. The molecule has 3 atom stereocenters. The number of nitrogens with zero attached hydrogens (tertiary/aromatic N) is 1. The van der Waals surface area contributed by atoms with Gasteiger partial charge in [-0.25, -0.2) is 0 Å². The van der Waals surface area contributed by atoms with E-state index in [9.17, 15) is 0 Å². The maximum Gasteiger partial charge on any atom is 0.0447 e. The quantitative estimate of drug-likeness (QED) is 0.877. The van der Waals surface area contributed by atoms with E-state index in [-0.39, 0.29) is 0 Å². The zero-order valence-corrected chi connectivity index (χ0v) is 11.9. The summed E-state index contributed by atoms with van der Waals surface area (Å²) in [7, 11) is 2.07. The topological polar surface area (TPSA) is 15.3 Å². The number of benzene rings is 1. The van der Waals surface area contributed by atoms with E-state index >= 15 is 0 Å². The average Bonchev–Trinajstić information content (AvgIpc) is 2.40. The van der Waals surface area contributed by atoms with Gasteiger partial charge < -0.3 is 5.32 Å². The van der Waals surface area contributed by atoms with Crippen LogP contribution in [0, 0.1) is 0 Å². The first-order valence-electron chi connectivity index (χ1n) is 7.20. The van der Waals surface area contributed by atoms with E-state index < -0.39 is 0 Å². The fraction of sp³-hybridized carbons (Fsp3) is 0.625. The van der Waals surface area contributed by atoms with Crippen LogP contribution in [0.5, 0.6) is 0 Å². The minimum Gasteiger partial charge on any atom is -0.312 e. The van der Waals surface area contributed by atoms with Gasteiger partial charge in [0.05, 0.1) is 0 Å². The first kappa shape index (κ1) is 13.6. The Balaban J connectivity index is 2.05. The first-order chi connectivity index (χ1) is 8.72. The highest BCUT2D eigenvalue weighted by atomic mass is 15.2. The van der Waals surface area contributed by atoms with Crippen LogP contribution in [0.15, 0.2) is 30.3 Å². The predicted octanol–water partition coefficient (Wildman–Crippen LogP) is 3.21. The number of hydrogen-bond acceptors (Lipinski definition) is 2. The van der Waals surface area contributed by atoms with E-state index in [0.29, 0.717) is 18.1 Å². The Labute approximate surface area is 111 Å². The minimum atomic E-state index is 0.439. The second kappa shape index (κ2) is 6.35. The third-order valence-electron chi connectivity index (χ3n) is 4.32. The van der Waals surface area contributed by atoms with Crippen LogP contribution in [0.3, 0.4) is 0 Å². The van der Waals surface area contributed by atoms with Gasteiger partial charge in [-0.2, -0.15) is 0 Å². The molecular formula is C16H26N2. The first-order valence-corrected chi connectivity index (χ1v) is 7.20. The SMILES string of the molecule is CNC(CN1[C@H](C)CCC[C@@H]1C)c1ccccc1. The highest BCUT2D eigenvalue weighted by Crippen LogP contribution is 2.25. The molecule has 1 heterocycles. The maximum atomic E-state index is 3.47. The zero-order valence-electron chi connectivity index (χ0n) is 11.9. The summed E-state index contributed by atoms with van der Waals surface area (Å²) < 4.78 is 0. The standard InChI is InChI=1S/C16H26N2/c1-13-8-7-9-14(2)18(13)12-16(17-3)15-10-5-4-6-11-15/h4-6,10-11,13-14,16-17H,7-9,12H2,1-3H3/t13-,14+,16?. The second-order valence-electron chi connectivity index (χ2n) is 5.58. The average molecular weight is 246 g/mol. The number of rotatable bonds is 4. The molecule has 1 saturated heterocycles. The van der Waals surface area contributed by atoms with E-state index in [1.165, 1.54) is 24.8 Å². The molecular weight excluding hydrogens is 220 g/mol. The zero-order chi connectivity index (χ0) is 13.0. The molecule has 1 aliphatic heterocycles. The van der Waals surface area contributed by atoms with Crippen LogP contribution in [-0.4, -0.2) is 30.6 Å². The Bertz CT molecular complexity index is 339. The van der Waals surface area contributed by atoms with Crippen molar-refractivity contribution >= 4 is 0 Å². The van der Waals surface area contributed by atoms with Crippen LogP contribution in [0.2, 0.25) is 0 Å². The van der Waals surface area contributed by atoms with Crippen molar-refractivity contribution < 1.29 is 0 Å². The lowest BCUT2D eigenvalue weighted by molar-refractivity contribution is 0.0920. The summed E-state index contributed by atoms with van der Waals surface area (Å²) in [5, 5.41) is 3.47. The molecule has 1 aliphatic rings. The number of likely N-dealkylation sites (N-methyl/N-ethyl adjacent to an activating group) is 1. The molecule has 2 rings (SSSR count). The Hall–Kier alpha value is -0.860. The monoisotopic (exact) mass is 246 g/mol. The fourth-order valence-electron chi connectivity index (χ4n) is 3.09. The van der Waals surface area contributed by atoms with Gasteiger partial charge in [-0.1, -0.05) is 36.8 Å². The lowest BCUT2D eigenvalue weighted by atomic mass is 9.95. The van der Waals surface area contributed by atoms with Gasteiger partial charge in [0.25, 0.3) is 0 Å². The van der Waals surface area contributed by atoms with Gasteiger partial charge in [-0.05, 0) is 39.3 Å². The maximum absolute atomic E-state index is 3.47. The molecule has 0 spiro atoms. The molecule has 0 aromatic heterocycles. The van der Waals surface area contributed by atoms with Crippen molar-refractivity contribution in [2.24, 2.45) is 0 Å². The summed E-state index contributed by atoms with van der Waals surface area (Å²) in [6, 6.07) is 12.7. The van der Waals surface area contributed by atoms with Crippen LogP contribution in [-0.2, 0) is 0 Å². The minimum absolute atomic E-state index is 0.439. The molecule has 0 bridgehead atoms. The van der Waals surface area contributed by atoms with Gasteiger partial charge in [0.1, 0.15) is 0 Å². The van der Waals surface area contributed by atoms with Gasteiger partial charge in [0.15, 0.2) is 0 Å². The van der Waals surface area contributed by atoms with Gasteiger partial charge in [0.2, 0.25) is 0 Å². The highest BCUT2D eigenvalue weighted by Gasteiger charge is 2.26. The molecule has 1 unspecified atom stereocenters. The fourth-order valence-corrected chi connectivity index (χ4v) is 3.09. The number of hydrogen-bond donors (Lipinski definition) is 1. The molecule has 2 heteroatoms. The molecule has 1 N–H and O–H groups in total. The largest absolute Gasteiger partial charge is 0.312 e. The summed E-state index contributed by atoms with van der Waals surface area (Å²) in [5.41, 5.74) is 1.39. The van der Waals surface area contributed by atoms with E-state index in [1.54, 1.807) is 0 Å². The summed E-state index contributed by atoms with van der Waals surface area (Å²) >= 11 is 0. The molecule has 1 aromatic rings. The van der Waals surface area contributed by atoms with Crippen molar-refractivity contribution in [1.29, 1.82) is 0 Å². The van der Waals surface area contributed by atoms with Crippen LogP contribution < -0.4 is 5.32 Å². The molecule has 1 aromatic carbocycles. The Morgan fingerprint density at radius 3 is 2.33 bits per heavy atom. The smallest absolute Gasteiger partial charge is 0.0447 e. The van der Waals surface area contributed by atoms with Crippen molar-refractivity contribution in [3.63, 3.8) is 0 Å². The number of nitrogens with one attached hydrogen (secondary N) is 1. The van der Waals surface area contributed by atoms with E-state index in [4.69, 9.17) is 0 Å². The molecule has 2 nitrogen and oxygen atoms in total. The van der Waals surface area contributed by atoms with Crippen molar-refractivity contribution in [2.45, 2.75) is 51.2 Å². The summed E-state index contributed by atoms with van der Waals surface area (Å²) in [5.74, 6) is 0. The van der Waals surface area contributed by atoms with E-state index in [1.807, 2.05) is 0 Å². The number of piperidine rings is 1. The van der Waals surface area contributed by atoms with Gasteiger partial charge in [-0.3, -0.25) is 4.90 Å². The lowest BCUT2D eigenvalue weighted by Crippen LogP contribution is -2.47. The van der Waals surface area contributed by atoms with Crippen LogP contribution in [0.4, 0.5) is 0 Å². The van der Waals surface area contributed by atoms with Gasteiger partial charge in [-0.15, -0.1) is 0 Å². The van der Waals surface area contributed by atoms with E-state index in [2.05, 4.69) is 61.4 Å². The summed E-state index contributed by atoms with van der Waals surface area (Å²) in [6.07, 6.45) is 4.07. The highest BCUT2D eigenvalue weighted by molar-refractivity contribution is 5.19. The summed E-state index contributed by atoms with van der Waals surface area (Å²) in [6.45, 7) is 5.85. The Kier molecular flexibility index (Phi) is 4.79. The molecule has 0 aliphatic carbocycles.